The lowest BCUT2D eigenvalue weighted by Crippen LogP contribution is -2.47. The normalized spacial score (nSPS) is 15.8. The van der Waals surface area contributed by atoms with Crippen LogP contribution in [0.4, 0.5) is 5.69 Å². The number of carbonyl (C=O) groups excluding carboxylic acids is 1. The molecular formula is C22H24ClN3O5S. The Labute approximate surface area is 191 Å². The quantitative estimate of drug-likeness (QED) is 0.603. The van der Waals surface area contributed by atoms with Crippen molar-refractivity contribution in [2.45, 2.75) is 11.8 Å². The van der Waals surface area contributed by atoms with E-state index in [0.717, 1.165) is 5.39 Å². The van der Waals surface area contributed by atoms with Crippen LogP contribution in [0.2, 0.25) is 5.02 Å². The van der Waals surface area contributed by atoms with Gasteiger partial charge in [0.15, 0.2) is 11.3 Å². The SMILES string of the molecule is COc1ccc(S(=O)(=O)N2CCN(C)CC2)cc1NC(=O)c1oc2c(Cl)cccc2c1C. The highest BCUT2D eigenvalue weighted by atomic mass is 35.5. The van der Waals surface area contributed by atoms with E-state index in [-0.39, 0.29) is 16.3 Å². The molecule has 0 bridgehead atoms. The molecule has 2 heterocycles. The number of rotatable bonds is 5. The van der Waals surface area contributed by atoms with Crippen molar-refractivity contribution in [3.63, 3.8) is 0 Å². The second-order valence-electron chi connectivity index (χ2n) is 7.70. The number of amides is 1. The standard InChI is InChI=1S/C22H24ClN3O5S/c1-14-16-5-4-6-17(23)21(16)31-20(14)22(27)24-18-13-15(7-8-19(18)30-3)32(28,29)26-11-9-25(2)10-12-26/h4-8,13H,9-12H2,1-3H3,(H,24,27). The summed E-state index contributed by atoms with van der Waals surface area (Å²) in [6.07, 6.45) is 0. The number of piperazine rings is 1. The number of nitrogens with one attached hydrogen (secondary N) is 1. The number of sulfonamides is 1. The van der Waals surface area contributed by atoms with Crippen LogP contribution in [0.25, 0.3) is 11.0 Å². The summed E-state index contributed by atoms with van der Waals surface area (Å²) >= 11 is 6.19. The zero-order chi connectivity index (χ0) is 23.0. The number of fused-ring (bicyclic) bond motifs is 1. The Bertz CT molecular complexity index is 1280. The van der Waals surface area contributed by atoms with Crippen LogP contribution in [0.3, 0.4) is 0 Å². The molecule has 0 saturated carbocycles. The molecular weight excluding hydrogens is 454 g/mol. The van der Waals surface area contributed by atoms with Gasteiger partial charge in [-0.1, -0.05) is 23.7 Å². The monoisotopic (exact) mass is 477 g/mol. The van der Waals surface area contributed by atoms with Gasteiger partial charge in [0.1, 0.15) is 5.75 Å². The second-order valence-corrected chi connectivity index (χ2v) is 10.0. The van der Waals surface area contributed by atoms with Crippen LogP contribution in [-0.4, -0.2) is 63.9 Å². The molecule has 0 spiro atoms. The van der Waals surface area contributed by atoms with Crippen molar-refractivity contribution in [3.8, 4) is 5.75 Å². The second kappa shape index (κ2) is 8.74. The molecule has 8 nitrogen and oxygen atoms in total. The molecule has 1 aliphatic heterocycles. The lowest BCUT2D eigenvalue weighted by Gasteiger charge is -2.31. The molecule has 10 heteroatoms. The molecule has 0 unspecified atom stereocenters. The van der Waals surface area contributed by atoms with Gasteiger partial charge in [-0.15, -0.1) is 0 Å². The Hall–Kier alpha value is -2.59. The van der Waals surface area contributed by atoms with Crippen LogP contribution in [0.5, 0.6) is 5.75 Å². The number of nitrogens with zero attached hydrogens (tertiary/aromatic N) is 2. The van der Waals surface area contributed by atoms with E-state index in [0.29, 0.717) is 48.1 Å². The first-order valence-corrected chi connectivity index (χ1v) is 11.9. The minimum Gasteiger partial charge on any atom is -0.495 e. The number of carbonyl (C=O) groups is 1. The van der Waals surface area contributed by atoms with Crippen molar-refractivity contribution in [1.82, 2.24) is 9.21 Å². The number of hydrogen-bond donors (Lipinski definition) is 1. The van der Waals surface area contributed by atoms with E-state index in [1.54, 1.807) is 19.1 Å². The third kappa shape index (κ3) is 4.09. The van der Waals surface area contributed by atoms with Crippen molar-refractivity contribution in [2.75, 3.05) is 45.7 Å². The topological polar surface area (TPSA) is 92.1 Å². The van der Waals surface area contributed by atoms with Gasteiger partial charge in [0.05, 0.1) is 22.7 Å². The molecule has 1 fully saturated rings. The zero-order valence-corrected chi connectivity index (χ0v) is 19.6. The van der Waals surface area contributed by atoms with Gasteiger partial charge < -0.3 is 19.4 Å². The molecule has 1 aromatic heterocycles. The molecule has 1 N–H and O–H groups in total. The van der Waals surface area contributed by atoms with Crippen LogP contribution in [0, 0.1) is 6.92 Å². The summed E-state index contributed by atoms with van der Waals surface area (Å²) in [6.45, 7) is 3.90. The fourth-order valence-corrected chi connectivity index (χ4v) is 5.39. The molecule has 4 rings (SSSR count). The van der Waals surface area contributed by atoms with E-state index in [9.17, 15) is 13.2 Å². The van der Waals surface area contributed by atoms with Gasteiger partial charge in [0.2, 0.25) is 10.0 Å². The first-order valence-electron chi connectivity index (χ1n) is 10.1. The molecule has 32 heavy (non-hydrogen) atoms. The van der Waals surface area contributed by atoms with Crippen LogP contribution in [0.15, 0.2) is 45.7 Å². The number of halogens is 1. The average molecular weight is 478 g/mol. The van der Waals surface area contributed by atoms with Crippen LogP contribution in [0.1, 0.15) is 16.1 Å². The highest BCUT2D eigenvalue weighted by Gasteiger charge is 2.29. The third-order valence-corrected chi connectivity index (χ3v) is 7.83. The highest BCUT2D eigenvalue weighted by molar-refractivity contribution is 7.89. The van der Waals surface area contributed by atoms with Crippen molar-refractivity contribution in [2.24, 2.45) is 0 Å². The minimum atomic E-state index is -3.71. The van der Waals surface area contributed by atoms with E-state index >= 15 is 0 Å². The van der Waals surface area contributed by atoms with Gasteiger partial charge in [0.25, 0.3) is 5.91 Å². The summed E-state index contributed by atoms with van der Waals surface area (Å²) in [4.78, 5) is 15.2. The minimum absolute atomic E-state index is 0.0857. The van der Waals surface area contributed by atoms with Gasteiger partial charge in [-0.3, -0.25) is 4.79 Å². The Morgan fingerprint density at radius 3 is 2.53 bits per heavy atom. The Morgan fingerprint density at radius 2 is 1.88 bits per heavy atom. The van der Waals surface area contributed by atoms with Crippen molar-refractivity contribution in [1.29, 1.82) is 0 Å². The number of hydrogen-bond acceptors (Lipinski definition) is 6. The lowest BCUT2D eigenvalue weighted by molar-refractivity contribution is 0.0997. The van der Waals surface area contributed by atoms with Gasteiger partial charge in [-0.25, -0.2) is 8.42 Å². The number of aryl methyl sites for hydroxylation is 1. The molecule has 0 radical (unpaired) electrons. The number of benzene rings is 2. The number of furan rings is 1. The summed E-state index contributed by atoms with van der Waals surface area (Å²) in [5.74, 6) is -0.0906. The van der Waals surface area contributed by atoms with E-state index < -0.39 is 15.9 Å². The van der Waals surface area contributed by atoms with E-state index in [4.69, 9.17) is 20.8 Å². The number of methoxy groups -OCH3 is 1. The maximum absolute atomic E-state index is 13.1. The zero-order valence-electron chi connectivity index (χ0n) is 18.0. The van der Waals surface area contributed by atoms with E-state index in [1.165, 1.54) is 29.6 Å². The van der Waals surface area contributed by atoms with Gasteiger partial charge in [-0.2, -0.15) is 4.31 Å². The highest BCUT2D eigenvalue weighted by Crippen LogP contribution is 2.33. The first-order chi connectivity index (χ1) is 15.2. The maximum Gasteiger partial charge on any atom is 0.291 e. The van der Waals surface area contributed by atoms with E-state index in [2.05, 4.69) is 10.2 Å². The van der Waals surface area contributed by atoms with Crippen LogP contribution >= 0.6 is 11.6 Å². The maximum atomic E-state index is 13.1. The Balaban J connectivity index is 1.66. The first kappa shape index (κ1) is 22.6. The smallest absolute Gasteiger partial charge is 0.291 e. The molecule has 1 amide bonds. The number of ether oxygens (including phenoxy) is 1. The predicted octanol–water partition coefficient (Wildman–Crippen LogP) is 3.59. The number of likely N-dealkylation sites (N-methyl/N-ethyl adjacent to an activating group) is 1. The molecule has 0 atom stereocenters. The summed E-state index contributed by atoms with van der Waals surface area (Å²) in [5, 5.41) is 3.87. The summed E-state index contributed by atoms with van der Waals surface area (Å²) in [5.41, 5.74) is 1.30. The Kier molecular flexibility index (Phi) is 6.17. The van der Waals surface area contributed by atoms with Crippen molar-refractivity contribution >= 4 is 44.2 Å². The largest absolute Gasteiger partial charge is 0.495 e. The molecule has 2 aromatic carbocycles. The number of anilines is 1. The Morgan fingerprint density at radius 1 is 1.16 bits per heavy atom. The summed E-state index contributed by atoms with van der Waals surface area (Å²) < 4.78 is 38.8. The fourth-order valence-electron chi connectivity index (χ4n) is 3.73. The van der Waals surface area contributed by atoms with Crippen molar-refractivity contribution in [3.05, 3.63) is 52.7 Å². The van der Waals surface area contributed by atoms with Crippen LogP contribution in [-0.2, 0) is 10.0 Å². The third-order valence-electron chi connectivity index (χ3n) is 5.64. The van der Waals surface area contributed by atoms with E-state index in [1.807, 2.05) is 13.1 Å². The van der Waals surface area contributed by atoms with Gasteiger partial charge in [-0.05, 0) is 38.2 Å². The van der Waals surface area contributed by atoms with Gasteiger partial charge >= 0.3 is 0 Å². The number of para-hydroxylation sites is 1. The molecule has 170 valence electrons. The summed E-state index contributed by atoms with van der Waals surface area (Å²) in [7, 11) is -0.302. The average Bonchev–Trinajstić information content (AvgIpc) is 3.12. The van der Waals surface area contributed by atoms with Crippen LogP contribution < -0.4 is 10.1 Å². The molecule has 1 saturated heterocycles. The predicted molar refractivity (Wildman–Crippen MR) is 123 cm³/mol. The summed E-state index contributed by atoms with van der Waals surface area (Å²) in [6, 6.07) is 9.71. The van der Waals surface area contributed by atoms with Crippen molar-refractivity contribution < 1.29 is 22.4 Å². The molecule has 3 aromatic rings. The molecule has 1 aliphatic rings. The lowest BCUT2D eigenvalue weighted by atomic mass is 10.1. The van der Waals surface area contributed by atoms with Gasteiger partial charge in [0, 0.05) is 37.1 Å². The fraction of sp³-hybridized carbons (Fsp3) is 0.318. The molecule has 0 aliphatic carbocycles.